The van der Waals surface area contributed by atoms with Gasteiger partial charge in [-0.05, 0) is 12.1 Å². The SMILES string of the molecule is CC(C)c1noc(CCC(=O)Nc2ccccc2Cl)n1. The van der Waals surface area contributed by atoms with Crippen LogP contribution in [0, 0.1) is 0 Å². The number of benzene rings is 1. The second-order valence-corrected chi connectivity index (χ2v) is 5.14. The van der Waals surface area contributed by atoms with Gasteiger partial charge in [-0.3, -0.25) is 4.79 Å². The maximum absolute atomic E-state index is 11.8. The number of aromatic nitrogens is 2. The number of halogens is 1. The van der Waals surface area contributed by atoms with E-state index in [1.165, 1.54) is 0 Å². The topological polar surface area (TPSA) is 68.0 Å². The highest BCUT2D eigenvalue weighted by Gasteiger charge is 2.12. The molecule has 0 aliphatic carbocycles. The fourth-order valence-corrected chi connectivity index (χ4v) is 1.78. The van der Waals surface area contributed by atoms with Crippen molar-refractivity contribution >= 4 is 23.2 Å². The van der Waals surface area contributed by atoms with Gasteiger partial charge in [-0.15, -0.1) is 0 Å². The molecule has 0 atom stereocenters. The van der Waals surface area contributed by atoms with E-state index >= 15 is 0 Å². The lowest BCUT2D eigenvalue weighted by molar-refractivity contribution is -0.116. The highest BCUT2D eigenvalue weighted by atomic mass is 35.5. The van der Waals surface area contributed by atoms with E-state index in [-0.39, 0.29) is 18.2 Å². The predicted molar refractivity (Wildman–Crippen MR) is 76.8 cm³/mol. The molecule has 1 aromatic heterocycles. The molecule has 0 saturated heterocycles. The molecule has 1 heterocycles. The summed E-state index contributed by atoms with van der Waals surface area (Å²) >= 11 is 5.97. The van der Waals surface area contributed by atoms with Gasteiger partial charge < -0.3 is 9.84 Å². The number of hydrogen-bond donors (Lipinski definition) is 1. The van der Waals surface area contributed by atoms with Crippen LogP contribution in [0.3, 0.4) is 0 Å². The van der Waals surface area contributed by atoms with E-state index in [0.717, 1.165) is 0 Å². The summed E-state index contributed by atoms with van der Waals surface area (Å²) in [6.07, 6.45) is 0.682. The largest absolute Gasteiger partial charge is 0.339 e. The van der Waals surface area contributed by atoms with Gasteiger partial charge in [0.1, 0.15) is 0 Å². The molecule has 0 aliphatic heterocycles. The van der Waals surface area contributed by atoms with Crippen LogP contribution in [0.5, 0.6) is 0 Å². The Hall–Kier alpha value is -1.88. The number of carbonyl (C=O) groups is 1. The monoisotopic (exact) mass is 293 g/mol. The summed E-state index contributed by atoms with van der Waals surface area (Å²) in [5.41, 5.74) is 0.604. The minimum Gasteiger partial charge on any atom is -0.339 e. The van der Waals surface area contributed by atoms with Gasteiger partial charge in [-0.2, -0.15) is 4.98 Å². The van der Waals surface area contributed by atoms with Crippen molar-refractivity contribution in [1.29, 1.82) is 0 Å². The second kappa shape index (κ2) is 6.52. The summed E-state index contributed by atoms with van der Waals surface area (Å²) in [5.74, 6) is 1.21. The summed E-state index contributed by atoms with van der Waals surface area (Å²) in [7, 11) is 0. The van der Waals surface area contributed by atoms with Crippen molar-refractivity contribution in [2.45, 2.75) is 32.6 Å². The van der Waals surface area contributed by atoms with Crippen LogP contribution in [0.25, 0.3) is 0 Å². The summed E-state index contributed by atoms with van der Waals surface area (Å²) in [4.78, 5) is 16.0. The Bertz CT molecular complexity index is 596. The van der Waals surface area contributed by atoms with Gasteiger partial charge in [-0.1, -0.05) is 42.7 Å². The van der Waals surface area contributed by atoms with E-state index in [9.17, 15) is 4.79 Å². The second-order valence-electron chi connectivity index (χ2n) is 4.73. The van der Waals surface area contributed by atoms with Crippen molar-refractivity contribution in [2.75, 3.05) is 5.32 Å². The number of hydrogen-bond acceptors (Lipinski definition) is 4. The molecule has 1 amide bonds. The average molecular weight is 294 g/mol. The molecule has 6 heteroatoms. The van der Waals surface area contributed by atoms with Crippen LogP contribution in [0.4, 0.5) is 5.69 Å². The highest BCUT2D eigenvalue weighted by Crippen LogP contribution is 2.20. The van der Waals surface area contributed by atoms with Gasteiger partial charge >= 0.3 is 0 Å². The molecule has 2 rings (SSSR count). The molecule has 0 saturated carbocycles. The smallest absolute Gasteiger partial charge is 0.227 e. The molecule has 0 bridgehead atoms. The molecule has 1 aromatic carbocycles. The Kier molecular flexibility index (Phi) is 4.74. The summed E-state index contributed by atoms with van der Waals surface area (Å²) in [6, 6.07) is 7.10. The van der Waals surface area contributed by atoms with Gasteiger partial charge in [-0.25, -0.2) is 0 Å². The Morgan fingerprint density at radius 2 is 2.15 bits per heavy atom. The third-order valence-corrected chi connectivity index (χ3v) is 3.04. The van der Waals surface area contributed by atoms with Crippen LogP contribution in [0.15, 0.2) is 28.8 Å². The van der Waals surface area contributed by atoms with Gasteiger partial charge in [0.2, 0.25) is 11.8 Å². The zero-order valence-electron chi connectivity index (χ0n) is 11.4. The van der Waals surface area contributed by atoms with Crippen LogP contribution in [-0.2, 0) is 11.2 Å². The molecule has 0 radical (unpaired) electrons. The molecule has 0 unspecified atom stereocenters. The molecule has 0 spiro atoms. The lowest BCUT2D eigenvalue weighted by Gasteiger charge is -2.05. The first-order chi connectivity index (χ1) is 9.56. The molecule has 1 N–H and O–H groups in total. The average Bonchev–Trinajstić information content (AvgIpc) is 2.88. The predicted octanol–water partition coefficient (Wildman–Crippen LogP) is 3.42. The van der Waals surface area contributed by atoms with Crippen LogP contribution in [0.2, 0.25) is 5.02 Å². The summed E-state index contributed by atoms with van der Waals surface area (Å²) in [6.45, 7) is 3.97. The molecule has 2 aromatic rings. The normalized spacial score (nSPS) is 10.8. The lowest BCUT2D eigenvalue weighted by Crippen LogP contribution is -2.12. The first kappa shape index (κ1) is 14.5. The fraction of sp³-hybridized carbons (Fsp3) is 0.357. The van der Waals surface area contributed by atoms with Gasteiger partial charge in [0.15, 0.2) is 5.82 Å². The summed E-state index contributed by atoms with van der Waals surface area (Å²) < 4.78 is 5.08. The Morgan fingerprint density at radius 1 is 1.40 bits per heavy atom. The highest BCUT2D eigenvalue weighted by molar-refractivity contribution is 6.33. The summed E-state index contributed by atoms with van der Waals surface area (Å²) in [5, 5.41) is 7.12. The number of nitrogens with one attached hydrogen (secondary N) is 1. The van der Waals surface area contributed by atoms with Crippen LogP contribution < -0.4 is 5.32 Å². The van der Waals surface area contributed by atoms with Crippen LogP contribution >= 0.6 is 11.6 Å². The Balaban J connectivity index is 1.87. The van der Waals surface area contributed by atoms with E-state index in [1.807, 2.05) is 26.0 Å². The maximum Gasteiger partial charge on any atom is 0.227 e. The zero-order chi connectivity index (χ0) is 14.5. The molecule has 20 heavy (non-hydrogen) atoms. The molecule has 0 aliphatic rings. The van der Waals surface area contributed by atoms with Gasteiger partial charge in [0, 0.05) is 18.8 Å². The first-order valence-electron chi connectivity index (χ1n) is 6.43. The molecule has 106 valence electrons. The first-order valence-corrected chi connectivity index (χ1v) is 6.81. The minimum absolute atomic E-state index is 0.137. The van der Waals surface area contributed by atoms with Crippen molar-refractivity contribution in [3.05, 3.63) is 41.0 Å². The number of nitrogens with zero attached hydrogens (tertiary/aromatic N) is 2. The Labute approximate surface area is 122 Å². The Morgan fingerprint density at radius 3 is 2.80 bits per heavy atom. The van der Waals surface area contributed by atoms with Crippen molar-refractivity contribution in [2.24, 2.45) is 0 Å². The molecular weight excluding hydrogens is 278 g/mol. The minimum atomic E-state index is -0.137. The quantitative estimate of drug-likeness (QED) is 0.917. The van der Waals surface area contributed by atoms with E-state index in [0.29, 0.717) is 28.8 Å². The van der Waals surface area contributed by atoms with Crippen LogP contribution in [-0.4, -0.2) is 16.0 Å². The number of aryl methyl sites for hydroxylation is 1. The van der Waals surface area contributed by atoms with Crippen molar-refractivity contribution in [3.8, 4) is 0 Å². The van der Waals surface area contributed by atoms with E-state index in [4.69, 9.17) is 16.1 Å². The van der Waals surface area contributed by atoms with E-state index < -0.39 is 0 Å². The van der Waals surface area contributed by atoms with Crippen molar-refractivity contribution < 1.29 is 9.32 Å². The van der Waals surface area contributed by atoms with E-state index in [2.05, 4.69) is 15.5 Å². The van der Waals surface area contributed by atoms with Gasteiger partial charge in [0.05, 0.1) is 10.7 Å². The number of amides is 1. The maximum atomic E-state index is 11.8. The molecule has 5 nitrogen and oxygen atoms in total. The number of rotatable bonds is 5. The number of carbonyl (C=O) groups excluding carboxylic acids is 1. The van der Waals surface area contributed by atoms with Gasteiger partial charge in [0.25, 0.3) is 0 Å². The van der Waals surface area contributed by atoms with Crippen molar-refractivity contribution in [1.82, 2.24) is 10.1 Å². The number of anilines is 1. The zero-order valence-corrected chi connectivity index (χ0v) is 12.1. The number of para-hydroxylation sites is 1. The lowest BCUT2D eigenvalue weighted by atomic mass is 10.2. The van der Waals surface area contributed by atoms with E-state index in [1.54, 1.807) is 12.1 Å². The third kappa shape index (κ3) is 3.81. The van der Waals surface area contributed by atoms with Crippen molar-refractivity contribution in [3.63, 3.8) is 0 Å². The fourth-order valence-electron chi connectivity index (χ4n) is 1.60. The molecule has 0 fully saturated rings. The van der Waals surface area contributed by atoms with Crippen LogP contribution in [0.1, 0.15) is 37.9 Å². The third-order valence-electron chi connectivity index (χ3n) is 2.71. The standard InChI is InChI=1S/C14H16ClN3O2/c1-9(2)14-17-13(20-18-14)8-7-12(19)16-11-6-4-3-5-10(11)15/h3-6,9H,7-8H2,1-2H3,(H,16,19). The molecular formula is C14H16ClN3O2.